The number of rotatable bonds is 3. The Labute approximate surface area is 121 Å². The van der Waals surface area contributed by atoms with Crippen molar-refractivity contribution in [1.29, 1.82) is 0 Å². The smallest absolute Gasteiger partial charge is 0.194 e. The minimum absolute atomic E-state index is 0.00249. The van der Waals surface area contributed by atoms with Crippen LogP contribution < -0.4 is 0 Å². The number of benzene rings is 1. The first kappa shape index (κ1) is 13.6. The Morgan fingerprint density at radius 2 is 1.90 bits per heavy atom. The molecule has 3 rings (SSSR count). The summed E-state index contributed by atoms with van der Waals surface area (Å²) in [5.74, 6) is -4.17. The van der Waals surface area contributed by atoms with Crippen LogP contribution in [0.4, 0.5) is 13.2 Å². The second kappa shape index (κ2) is 5.17. The summed E-state index contributed by atoms with van der Waals surface area (Å²) >= 11 is 1.38. The van der Waals surface area contributed by atoms with E-state index < -0.39 is 17.5 Å². The predicted molar refractivity (Wildman–Crippen MR) is 72.1 cm³/mol. The lowest BCUT2D eigenvalue weighted by Gasteiger charge is -2.03. The lowest BCUT2D eigenvalue weighted by Crippen LogP contribution is -1.99. The van der Waals surface area contributed by atoms with Gasteiger partial charge in [0.25, 0.3) is 0 Å². The molecule has 0 saturated heterocycles. The average molecular weight is 308 g/mol. The molecular formula is C14H7F3N2OS. The summed E-state index contributed by atoms with van der Waals surface area (Å²) in [6.07, 6.45) is 1.95. The molecule has 0 spiro atoms. The number of nitrogens with zero attached hydrogens (tertiary/aromatic N) is 2. The fraction of sp³-hybridized carbons (Fsp3) is 0. The van der Waals surface area contributed by atoms with Crippen LogP contribution in [0, 0.1) is 17.5 Å². The van der Waals surface area contributed by atoms with Crippen molar-refractivity contribution in [3.63, 3.8) is 0 Å². The number of hydrogen-bond donors (Lipinski definition) is 0. The van der Waals surface area contributed by atoms with Crippen molar-refractivity contribution in [2.75, 3.05) is 0 Å². The van der Waals surface area contributed by atoms with Crippen molar-refractivity contribution in [2.45, 2.75) is 0 Å². The first-order valence-corrected chi connectivity index (χ1v) is 6.71. The number of halogens is 3. The Hall–Kier alpha value is -2.41. The maximum Gasteiger partial charge on any atom is 0.194 e. The molecule has 0 bridgehead atoms. The Bertz CT molecular complexity index is 789. The molecule has 21 heavy (non-hydrogen) atoms. The highest BCUT2D eigenvalue weighted by Crippen LogP contribution is 2.27. The van der Waals surface area contributed by atoms with Crippen molar-refractivity contribution in [3.05, 3.63) is 58.9 Å². The molecule has 0 aliphatic heterocycles. The highest BCUT2D eigenvalue weighted by molar-refractivity contribution is 7.13. The van der Waals surface area contributed by atoms with Crippen LogP contribution in [-0.4, -0.2) is 16.1 Å². The molecule has 0 N–H and O–H groups in total. The van der Waals surface area contributed by atoms with Gasteiger partial charge in [0.1, 0.15) is 5.69 Å². The highest BCUT2D eigenvalue weighted by Gasteiger charge is 2.16. The van der Waals surface area contributed by atoms with Crippen molar-refractivity contribution < 1.29 is 18.0 Å². The van der Waals surface area contributed by atoms with E-state index in [4.69, 9.17) is 0 Å². The highest BCUT2D eigenvalue weighted by atomic mass is 32.1. The lowest BCUT2D eigenvalue weighted by atomic mass is 10.2. The summed E-state index contributed by atoms with van der Waals surface area (Å²) in [5.41, 5.74) is 0.685. The van der Waals surface area contributed by atoms with E-state index in [1.165, 1.54) is 17.5 Å². The van der Waals surface area contributed by atoms with E-state index in [1.807, 2.05) is 5.38 Å². The Kier molecular flexibility index (Phi) is 3.34. The fourth-order valence-corrected chi connectivity index (χ4v) is 2.62. The molecule has 0 fully saturated rings. The number of aromatic nitrogens is 2. The summed E-state index contributed by atoms with van der Waals surface area (Å²) in [6, 6.07) is 5.21. The quantitative estimate of drug-likeness (QED) is 0.544. The average Bonchev–Trinajstić information content (AvgIpc) is 3.12. The minimum atomic E-state index is -1.54. The zero-order valence-electron chi connectivity index (χ0n) is 10.4. The SMILES string of the molecule is O=Cc1cn(-c2cc(F)c(F)c(F)c2)nc1-c1cccs1. The predicted octanol–water partition coefficient (Wildman–Crippen LogP) is 3.83. The monoisotopic (exact) mass is 308 g/mol. The molecule has 0 saturated carbocycles. The zero-order valence-corrected chi connectivity index (χ0v) is 11.2. The van der Waals surface area contributed by atoms with E-state index in [1.54, 1.807) is 12.1 Å². The number of carbonyl (C=O) groups excluding carboxylic acids is 1. The van der Waals surface area contributed by atoms with E-state index in [9.17, 15) is 18.0 Å². The molecule has 0 radical (unpaired) electrons. The summed E-state index contributed by atoms with van der Waals surface area (Å²) in [4.78, 5) is 11.8. The van der Waals surface area contributed by atoms with Crippen LogP contribution in [0.25, 0.3) is 16.3 Å². The van der Waals surface area contributed by atoms with E-state index in [2.05, 4.69) is 5.10 Å². The van der Waals surface area contributed by atoms with E-state index in [0.717, 1.165) is 21.7 Å². The van der Waals surface area contributed by atoms with Crippen LogP contribution in [0.1, 0.15) is 10.4 Å². The van der Waals surface area contributed by atoms with Gasteiger partial charge in [-0.05, 0) is 11.4 Å². The topological polar surface area (TPSA) is 34.9 Å². The Morgan fingerprint density at radius 3 is 2.48 bits per heavy atom. The first-order valence-electron chi connectivity index (χ1n) is 5.84. The molecule has 2 aromatic heterocycles. The molecule has 3 nitrogen and oxygen atoms in total. The second-order valence-electron chi connectivity index (χ2n) is 4.20. The van der Waals surface area contributed by atoms with Crippen LogP contribution >= 0.6 is 11.3 Å². The molecule has 0 aliphatic carbocycles. The zero-order chi connectivity index (χ0) is 15.0. The third-order valence-electron chi connectivity index (χ3n) is 2.86. The van der Waals surface area contributed by atoms with Crippen molar-refractivity contribution in [2.24, 2.45) is 0 Å². The van der Waals surface area contributed by atoms with Crippen LogP contribution in [0.5, 0.6) is 0 Å². The van der Waals surface area contributed by atoms with Gasteiger partial charge in [0.2, 0.25) is 0 Å². The van der Waals surface area contributed by atoms with Gasteiger partial charge in [-0.25, -0.2) is 17.9 Å². The number of carbonyl (C=O) groups is 1. The molecule has 2 heterocycles. The van der Waals surface area contributed by atoms with E-state index in [-0.39, 0.29) is 11.3 Å². The van der Waals surface area contributed by atoms with Gasteiger partial charge in [0.15, 0.2) is 23.7 Å². The van der Waals surface area contributed by atoms with Crippen LogP contribution in [0.3, 0.4) is 0 Å². The van der Waals surface area contributed by atoms with E-state index in [0.29, 0.717) is 12.0 Å². The molecule has 1 aromatic carbocycles. The molecule has 0 unspecified atom stereocenters. The fourth-order valence-electron chi connectivity index (χ4n) is 1.88. The van der Waals surface area contributed by atoms with Crippen molar-refractivity contribution in [3.8, 4) is 16.3 Å². The Balaban J connectivity index is 2.14. The maximum atomic E-state index is 13.3. The standard InChI is InChI=1S/C14H7F3N2OS/c15-10-4-9(5-11(16)13(10)17)19-6-8(7-20)14(18-19)12-2-1-3-21-12/h1-7H. The molecule has 106 valence electrons. The maximum absolute atomic E-state index is 13.3. The minimum Gasteiger partial charge on any atom is -0.298 e. The van der Waals surface area contributed by atoms with Gasteiger partial charge in [-0.15, -0.1) is 11.3 Å². The van der Waals surface area contributed by atoms with E-state index >= 15 is 0 Å². The molecule has 0 aliphatic rings. The summed E-state index contributed by atoms with van der Waals surface area (Å²) < 4.78 is 40.6. The molecule has 0 atom stereocenters. The molecule has 0 amide bonds. The van der Waals surface area contributed by atoms with Gasteiger partial charge in [0.05, 0.1) is 16.1 Å². The largest absolute Gasteiger partial charge is 0.298 e. The van der Waals surface area contributed by atoms with Gasteiger partial charge in [-0.2, -0.15) is 5.10 Å². The van der Waals surface area contributed by atoms with Gasteiger partial charge < -0.3 is 0 Å². The third-order valence-corrected chi connectivity index (χ3v) is 3.73. The van der Waals surface area contributed by atoms with Gasteiger partial charge >= 0.3 is 0 Å². The number of aldehydes is 1. The van der Waals surface area contributed by atoms with Crippen LogP contribution in [0.15, 0.2) is 35.8 Å². The number of thiophene rings is 1. The third kappa shape index (κ3) is 2.36. The van der Waals surface area contributed by atoms with Crippen molar-refractivity contribution >= 4 is 17.6 Å². The normalized spacial score (nSPS) is 10.8. The van der Waals surface area contributed by atoms with Crippen LogP contribution in [-0.2, 0) is 0 Å². The molecule has 7 heteroatoms. The molecule has 3 aromatic rings. The van der Waals surface area contributed by atoms with Gasteiger partial charge in [0, 0.05) is 18.3 Å². The summed E-state index contributed by atoms with van der Waals surface area (Å²) in [6.45, 7) is 0. The second-order valence-corrected chi connectivity index (χ2v) is 5.14. The first-order chi connectivity index (χ1) is 10.1. The summed E-state index contributed by atoms with van der Waals surface area (Å²) in [7, 11) is 0. The van der Waals surface area contributed by atoms with Crippen molar-refractivity contribution in [1.82, 2.24) is 9.78 Å². The van der Waals surface area contributed by atoms with Crippen LogP contribution in [0.2, 0.25) is 0 Å². The number of hydrogen-bond acceptors (Lipinski definition) is 3. The lowest BCUT2D eigenvalue weighted by molar-refractivity contribution is 0.112. The molecular weight excluding hydrogens is 301 g/mol. The van der Waals surface area contributed by atoms with Gasteiger partial charge in [-0.1, -0.05) is 6.07 Å². The van der Waals surface area contributed by atoms with Gasteiger partial charge in [-0.3, -0.25) is 4.79 Å². The Morgan fingerprint density at radius 1 is 1.19 bits per heavy atom. The summed E-state index contributed by atoms with van der Waals surface area (Å²) in [5, 5.41) is 5.97.